The van der Waals surface area contributed by atoms with Crippen LogP contribution in [0.5, 0.6) is 5.75 Å². The smallest absolute Gasteiger partial charge is 0.342 e. The average molecular weight is 407 g/mol. The lowest BCUT2D eigenvalue weighted by atomic mass is 10.1. The summed E-state index contributed by atoms with van der Waals surface area (Å²) in [6.07, 6.45) is 2.26. The van der Waals surface area contributed by atoms with Crippen LogP contribution in [-0.2, 0) is 16.0 Å². The molecule has 0 saturated carbocycles. The Hall–Kier alpha value is -3.12. The fraction of sp³-hybridized carbons (Fsp3) is 0.333. The van der Waals surface area contributed by atoms with E-state index in [-0.39, 0.29) is 29.8 Å². The molecule has 1 aromatic heterocycles. The van der Waals surface area contributed by atoms with E-state index in [4.69, 9.17) is 9.47 Å². The number of benzene rings is 2. The molecule has 30 heavy (non-hydrogen) atoms. The van der Waals surface area contributed by atoms with Crippen molar-refractivity contribution in [3.05, 3.63) is 65.0 Å². The summed E-state index contributed by atoms with van der Waals surface area (Å²) < 4.78 is 13.0. The molecular weight excluding hydrogens is 382 g/mol. The first-order valence-corrected chi connectivity index (χ1v) is 10.1. The summed E-state index contributed by atoms with van der Waals surface area (Å²) in [4.78, 5) is 25.2. The van der Waals surface area contributed by atoms with Crippen molar-refractivity contribution in [1.82, 2.24) is 4.57 Å². The highest BCUT2D eigenvalue weighted by Crippen LogP contribution is 2.29. The van der Waals surface area contributed by atoms with Gasteiger partial charge in [-0.2, -0.15) is 0 Å². The predicted octanol–water partition coefficient (Wildman–Crippen LogP) is 4.18. The second-order valence-electron chi connectivity index (χ2n) is 7.71. The zero-order chi connectivity index (χ0) is 21.3. The molecule has 6 heteroatoms. The topological polar surface area (TPSA) is 77.8 Å². The minimum Gasteiger partial charge on any atom is -0.506 e. The van der Waals surface area contributed by atoms with Crippen molar-refractivity contribution in [1.29, 1.82) is 0 Å². The van der Waals surface area contributed by atoms with Crippen molar-refractivity contribution in [2.75, 3.05) is 13.2 Å². The Bertz CT molecular complexity index is 1110. The van der Waals surface area contributed by atoms with E-state index in [9.17, 15) is 14.7 Å². The molecule has 0 radical (unpaired) electrons. The number of ketones is 1. The lowest BCUT2D eigenvalue weighted by Gasteiger charge is -2.14. The molecular formula is C24H25NO5. The molecule has 156 valence electrons. The van der Waals surface area contributed by atoms with Crippen LogP contribution in [0.1, 0.15) is 44.9 Å². The Morgan fingerprint density at radius 3 is 2.73 bits per heavy atom. The van der Waals surface area contributed by atoms with Crippen molar-refractivity contribution < 1.29 is 24.2 Å². The largest absolute Gasteiger partial charge is 0.506 e. The number of carbonyl (C=O) groups is 2. The molecule has 0 amide bonds. The highest BCUT2D eigenvalue weighted by atomic mass is 16.5. The molecule has 2 heterocycles. The number of phenols is 1. The van der Waals surface area contributed by atoms with Crippen LogP contribution >= 0.6 is 0 Å². The molecule has 2 aromatic carbocycles. The quantitative estimate of drug-likeness (QED) is 0.490. The Labute approximate surface area is 175 Å². The number of carbonyl (C=O) groups excluding carboxylic acids is 2. The first-order valence-electron chi connectivity index (χ1n) is 10.1. The van der Waals surface area contributed by atoms with Crippen LogP contribution in [0, 0.1) is 13.8 Å². The molecule has 0 spiro atoms. The number of nitrogens with zero attached hydrogens (tertiary/aromatic N) is 1. The molecule has 1 saturated heterocycles. The number of hydrogen-bond donors (Lipinski definition) is 1. The van der Waals surface area contributed by atoms with Gasteiger partial charge >= 0.3 is 5.97 Å². The highest BCUT2D eigenvalue weighted by Gasteiger charge is 2.22. The van der Waals surface area contributed by atoms with Gasteiger partial charge in [0.2, 0.25) is 5.78 Å². The second-order valence-corrected chi connectivity index (χ2v) is 7.71. The molecule has 1 aliphatic heterocycles. The van der Waals surface area contributed by atoms with Crippen LogP contribution in [0.3, 0.4) is 0 Å². The maximum Gasteiger partial charge on any atom is 0.342 e. The van der Waals surface area contributed by atoms with Gasteiger partial charge in [0.15, 0.2) is 6.61 Å². The van der Waals surface area contributed by atoms with Crippen LogP contribution in [-0.4, -0.2) is 40.7 Å². The lowest BCUT2D eigenvalue weighted by Crippen LogP contribution is -2.18. The number of fused-ring (bicyclic) bond motifs is 1. The third-order valence-electron chi connectivity index (χ3n) is 5.74. The van der Waals surface area contributed by atoms with E-state index < -0.39 is 5.97 Å². The summed E-state index contributed by atoms with van der Waals surface area (Å²) in [5.74, 6) is -1.13. The number of aromatic hydroxyl groups is 1. The fourth-order valence-electron chi connectivity index (χ4n) is 4.06. The molecule has 4 rings (SSSR count). The summed E-state index contributed by atoms with van der Waals surface area (Å²) >= 11 is 0. The van der Waals surface area contributed by atoms with Crippen molar-refractivity contribution in [2.24, 2.45) is 0 Å². The second kappa shape index (κ2) is 8.32. The van der Waals surface area contributed by atoms with Gasteiger partial charge in [0, 0.05) is 35.5 Å². The van der Waals surface area contributed by atoms with Gasteiger partial charge in [-0.25, -0.2) is 4.79 Å². The summed E-state index contributed by atoms with van der Waals surface area (Å²) in [6.45, 7) is 4.97. The molecule has 1 fully saturated rings. The van der Waals surface area contributed by atoms with Gasteiger partial charge in [-0.15, -0.1) is 0 Å². The lowest BCUT2D eigenvalue weighted by molar-refractivity contribution is 0.0472. The summed E-state index contributed by atoms with van der Waals surface area (Å²) in [5.41, 5.74) is 2.41. The number of Topliss-reactive ketones (excluding diaryl/α,β-unsaturated/α-hetero) is 1. The van der Waals surface area contributed by atoms with E-state index in [0.717, 1.165) is 42.8 Å². The Kier molecular flexibility index (Phi) is 5.59. The van der Waals surface area contributed by atoms with Gasteiger partial charge in [0.05, 0.1) is 6.10 Å². The third-order valence-corrected chi connectivity index (χ3v) is 5.74. The number of ether oxygens (including phenoxy) is 2. The zero-order valence-corrected chi connectivity index (χ0v) is 17.2. The maximum atomic E-state index is 12.7. The van der Waals surface area contributed by atoms with Crippen LogP contribution in [0.25, 0.3) is 10.8 Å². The summed E-state index contributed by atoms with van der Waals surface area (Å²) in [7, 11) is 0. The maximum absolute atomic E-state index is 12.7. The van der Waals surface area contributed by atoms with Crippen molar-refractivity contribution in [3.8, 4) is 5.75 Å². The molecule has 0 unspecified atom stereocenters. The number of rotatable bonds is 6. The highest BCUT2D eigenvalue weighted by molar-refractivity contribution is 6.03. The van der Waals surface area contributed by atoms with Gasteiger partial charge in [-0.1, -0.05) is 30.3 Å². The average Bonchev–Trinajstić information content (AvgIpc) is 3.36. The van der Waals surface area contributed by atoms with Crippen molar-refractivity contribution in [2.45, 2.75) is 39.3 Å². The van der Waals surface area contributed by atoms with Crippen molar-refractivity contribution in [3.63, 3.8) is 0 Å². The van der Waals surface area contributed by atoms with E-state index in [1.165, 1.54) is 6.07 Å². The van der Waals surface area contributed by atoms with Crippen LogP contribution < -0.4 is 0 Å². The number of hydrogen-bond acceptors (Lipinski definition) is 5. The molecule has 1 aliphatic rings. The zero-order valence-electron chi connectivity index (χ0n) is 17.2. The number of aryl methyl sites for hydroxylation is 1. The van der Waals surface area contributed by atoms with E-state index in [0.29, 0.717) is 10.9 Å². The van der Waals surface area contributed by atoms with E-state index in [2.05, 4.69) is 4.57 Å². The minimum atomic E-state index is -0.722. The van der Waals surface area contributed by atoms with E-state index in [1.807, 2.05) is 32.0 Å². The van der Waals surface area contributed by atoms with Gasteiger partial charge < -0.3 is 19.1 Å². The fourth-order valence-corrected chi connectivity index (χ4v) is 4.06. The van der Waals surface area contributed by atoms with Gasteiger partial charge in [0.1, 0.15) is 11.3 Å². The molecule has 3 aromatic rings. The SMILES string of the molecule is Cc1cc(C(=O)COC(=O)c2ccc3ccccc3c2O)c(C)n1C[C@H]1CCCO1. The van der Waals surface area contributed by atoms with Crippen molar-refractivity contribution >= 4 is 22.5 Å². The van der Waals surface area contributed by atoms with Crippen LogP contribution in [0.15, 0.2) is 42.5 Å². The van der Waals surface area contributed by atoms with E-state index >= 15 is 0 Å². The molecule has 1 atom stereocenters. The Morgan fingerprint density at radius 2 is 1.97 bits per heavy atom. The minimum absolute atomic E-state index is 0.0466. The first-order chi connectivity index (χ1) is 14.5. The van der Waals surface area contributed by atoms with Crippen LogP contribution in [0.4, 0.5) is 0 Å². The van der Waals surface area contributed by atoms with Gasteiger partial charge in [-0.05, 0) is 44.2 Å². The molecule has 0 aliphatic carbocycles. The van der Waals surface area contributed by atoms with Crippen LogP contribution in [0.2, 0.25) is 0 Å². The van der Waals surface area contributed by atoms with E-state index in [1.54, 1.807) is 18.2 Å². The molecule has 1 N–H and O–H groups in total. The van der Waals surface area contributed by atoms with Gasteiger partial charge in [0.25, 0.3) is 0 Å². The Balaban J connectivity index is 1.46. The molecule has 0 bridgehead atoms. The van der Waals surface area contributed by atoms with Gasteiger partial charge in [-0.3, -0.25) is 4.79 Å². The number of esters is 1. The number of aromatic nitrogens is 1. The molecule has 6 nitrogen and oxygen atoms in total. The summed E-state index contributed by atoms with van der Waals surface area (Å²) in [5, 5.41) is 11.8. The summed E-state index contributed by atoms with van der Waals surface area (Å²) in [6, 6.07) is 12.3. The Morgan fingerprint density at radius 1 is 1.17 bits per heavy atom. The predicted molar refractivity (Wildman–Crippen MR) is 113 cm³/mol. The standard InChI is InChI=1S/C24H25NO5/c1-15-12-21(16(2)25(15)13-18-7-5-11-29-18)22(26)14-30-24(28)20-10-9-17-6-3-4-8-19(17)23(20)27/h3-4,6,8-10,12,18,27H,5,7,11,13-14H2,1-2H3/t18-/m1/s1. The third kappa shape index (κ3) is 3.83. The normalized spacial score (nSPS) is 16.1. The monoisotopic (exact) mass is 407 g/mol. The number of phenolic OH excluding ortho intramolecular Hbond substituents is 1. The first kappa shape index (κ1) is 20.2.